The molecule has 1 fully saturated rings. The van der Waals surface area contributed by atoms with Crippen molar-refractivity contribution in [2.75, 3.05) is 13.1 Å². The van der Waals surface area contributed by atoms with Crippen LogP contribution in [0.4, 0.5) is 0 Å². The molecule has 2 N–H and O–H groups in total. The van der Waals surface area contributed by atoms with Crippen LogP contribution in [0.25, 0.3) is 0 Å². The minimum Gasteiger partial charge on any atom is -0.356 e. The Labute approximate surface area is 157 Å². The first-order chi connectivity index (χ1) is 12.7. The molecule has 6 heteroatoms. The molecule has 2 amide bonds. The first kappa shape index (κ1) is 22.1. The molecule has 6 nitrogen and oxygen atoms in total. The van der Waals surface area contributed by atoms with Crippen molar-refractivity contribution in [3.05, 3.63) is 24.3 Å². The molecule has 0 bridgehead atoms. The predicted octanol–water partition coefficient (Wildman–Crippen LogP) is 3.49. The summed E-state index contributed by atoms with van der Waals surface area (Å²) in [4.78, 5) is 30.4. The topological polar surface area (TPSA) is 84.0 Å². The third-order valence-electron chi connectivity index (χ3n) is 4.41. The van der Waals surface area contributed by atoms with E-state index in [2.05, 4.69) is 34.4 Å². The fourth-order valence-corrected chi connectivity index (χ4v) is 2.84. The zero-order chi connectivity index (χ0) is 19.0. The summed E-state index contributed by atoms with van der Waals surface area (Å²) in [6.45, 7) is 5.78. The molecule has 146 valence electrons. The number of carbonyl (C=O) groups is 2. The lowest BCUT2D eigenvalue weighted by molar-refractivity contribution is -0.121. The number of unbranched alkanes of at least 4 members (excludes halogenated alkanes) is 2. The molecular weight excluding hydrogens is 328 g/mol. The van der Waals surface area contributed by atoms with Gasteiger partial charge < -0.3 is 10.6 Å². The van der Waals surface area contributed by atoms with Crippen LogP contribution in [0.1, 0.15) is 82.1 Å². The number of amides is 2. The van der Waals surface area contributed by atoms with Crippen molar-refractivity contribution in [3.63, 3.8) is 0 Å². The minimum absolute atomic E-state index is 0.151. The average Bonchev–Trinajstić information content (AvgIpc) is 3.16. The summed E-state index contributed by atoms with van der Waals surface area (Å²) in [5.41, 5.74) is 0.374. The van der Waals surface area contributed by atoms with Gasteiger partial charge >= 0.3 is 0 Å². The lowest BCUT2D eigenvalue weighted by Crippen LogP contribution is -2.25. The molecule has 2 rings (SSSR count). The van der Waals surface area contributed by atoms with Crippen molar-refractivity contribution in [2.24, 2.45) is 5.92 Å². The number of nitrogens with zero attached hydrogens (tertiary/aromatic N) is 2. The Morgan fingerprint density at radius 2 is 1.69 bits per heavy atom. The Hall–Kier alpha value is -1.98. The van der Waals surface area contributed by atoms with Crippen LogP contribution in [0.2, 0.25) is 0 Å². The van der Waals surface area contributed by atoms with Crippen LogP contribution in [-0.4, -0.2) is 34.9 Å². The van der Waals surface area contributed by atoms with E-state index < -0.39 is 0 Å². The summed E-state index contributed by atoms with van der Waals surface area (Å²) >= 11 is 0. The molecule has 0 aliphatic heterocycles. The van der Waals surface area contributed by atoms with Crippen molar-refractivity contribution < 1.29 is 9.59 Å². The largest absolute Gasteiger partial charge is 0.356 e. The van der Waals surface area contributed by atoms with Crippen molar-refractivity contribution in [1.82, 2.24) is 20.6 Å². The van der Waals surface area contributed by atoms with E-state index >= 15 is 0 Å². The number of aromatic nitrogens is 2. The zero-order valence-electron chi connectivity index (χ0n) is 16.3. The van der Waals surface area contributed by atoms with Gasteiger partial charge in [-0.2, -0.15) is 0 Å². The van der Waals surface area contributed by atoms with Gasteiger partial charge in [0.25, 0.3) is 5.91 Å². The molecule has 0 atom stereocenters. The number of nitrogens with one attached hydrogen (secondary N) is 2. The van der Waals surface area contributed by atoms with E-state index in [-0.39, 0.29) is 11.8 Å². The van der Waals surface area contributed by atoms with E-state index in [0.717, 1.165) is 38.6 Å². The van der Waals surface area contributed by atoms with E-state index in [1.54, 1.807) is 6.20 Å². The van der Waals surface area contributed by atoms with Gasteiger partial charge in [0.2, 0.25) is 5.91 Å². The normalized spacial score (nSPS) is 13.6. The van der Waals surface area contributed by atoms with E-state index in [4.69, 9.17) is 0 Å². The molecule has 1 aromatic rings. The molecule has 26 heavy (non-hydrogen) atoms. The third-order valence-corrected chi connectivity index (χ3v) is 4.41. The molecule has 0 aromatic carbocycles. The summed E-state index contributed by atoms with van der Waals surface area (Å²) in [7, 11) is 0. The highest BCUT2D eigenvalue weighted by molar-refractivity contribution is 5.91. The predicted molar refractivity (Wildman–Crippen MR) is 104 cm³/mol. The van der Waals surface area contributed by atoms with Gasteiger partial charge in [-0.3, -0.25) is 14.6 Å². The van der Waals surface area contributed by atoms with Gasteiger partial charge in [-0.05, 0) is 31.6 Å². The Bertz CT molecular complexity index is 502. The highest BCUT2D eigenvalue weighted by Gasteiger charge is 2.17. The molecule has 1 aromatic heterocycles. The SMILES string of the molecule is CCCCNC(=O)CC1CCCC1.CCCCNC(=O)c1cnccn1. The first-order valence-electron chi connectivity index (χ1n) is 9.98. The van der Waals surface area contributed by atoms with Gasteiger partial charge in [-0.15, -0.1) is 0 Å². The van der Waals surface area contributed by atoms with Crippen LogP contribution < -0.4 is 10.6 Å². The fourth-order valence-electron chi connectivity index (χ4n) is 2.84. The second-order valence-corrected chi connectivity index (χ2v) is 6.76. The van der Waals surface area contributed by atoms with Crippen LogP contribution in [-0.2, 0) is 4.79 Å². The van der Waals surface area contributed by atoms with Gasteiger partial charge in [0.05, 0.1) is 6.20 Å². The molecule has 1 heterocycles. The molecular formula is C20H34N4O2. The van der Waals surface area contributed by atoms with Crippen molar-refractivity contribution in [1.29, 1.82) is 0 Å². The summed E-state index contributed by atoms with van der Waals surface area (Å²) in [5, 5.41) is 5.73. The molecule has 1 saturated carbocycles. The number of rotatable bonds is 9. The molecule has 1 aliphatic rings. The summed E-state index contributed by atoms with van der Waals surface area (Å²) < 4.78 is 0. The second kappa shape index (κ2) is 14.2. The van der Waals surface area contributed by atoms with E-state index in [0.29, 0.717) is 18.2 Å². The second-order valence-electron chi connectivity index (χ2n) is 6.76. The summed E-state index contributed by atoms with van der Waals surface area (Å²) in [6, 6.07) is 0. The van der Waals surface area contributed by atoms with Crippen LogP contribution in [0, 0.1) is 5.92 Å². The summed E-state index contributed by atoms with van der Waals surface area (Å²) in [5.74, 6) is 0.795. The van der Waals surface area contributed by atoms with Crippen molar-refractivity contribution in [3.8, 4) is 0 Å². The van der Waals surface area contributed by atoms with Crippen LogP contribution in [0.15, 0.2) is 18.6 Å². The highest BCUT2D eigenvalue weighted by Crippen LogP contribution is 2.27. The Morgan fingerprint density at radius 3 is 2.27 bits per heavy atom. The Morgan fingerprint density at radius 1 is 1.04 bits per heavy atom. The van der Waals surface area contributed by atoms with Crippen LogP contribution in [0.3, 0.4) is 0 Å². The van der Waals surface area contributed by atoms with Crippen LogP contribution >= 0.6 is 0 Å². The average molecular weight is 363 g/mol. The Kier molecular flexibility index (Phi) is 12.1. The third kappa shape index (κ3) is 10.1. The number of hydrogen-bond acceptors (Lipinski definition) is 4. The van der Waals surface area contributed by atoms with Gasteiger partial charge in [-0.1, -0.05) is 39.5 Å². The van der Waals surface area contributed by atoms with Gasteiger partial charge in [-0.25, -0.2) is 4.98 Å². The Balaban J connectivity index is 0.000000260. The number of carbonyl (C=O) groups excluding carboxylic acids is 2. The van der Waals surface area contributed by atoms with Crippen molar-refractivity contribution in [2.45, 2.75) is 71.6 Å². The standard InChI is InChI=1S/C11H21NO.C9H13N3O/c1-2-3-8-12-11(13)9-10-6-4-5-7-10;1-2-3-4-12-9(13)8-7-10-5-6-11-8/h10H,2-9H2,1H3,(H,12,13);5-7H,2-4H2,1H3,(H,12,13). The van der Waals surface area contributed by atoms with E-state index in [1.165, 1.54) is 38.1 Å². The maximum atomic E-state index is 11.4. The minimum atomic E-state index is -0.151. The fraction of sp³-hybridized carbons (Fsp3) is 0.700. The molecule has 0 unspecified atom stereocenters. The van der Waals surface area contributed by atoms with Crippen LogP contribution in [0.5, 0.6) is 0 Å². The maximum Gasteiger partial charge on any atom is 0.271 e. The smallest absolute Gasteiger partial charge is 0.271 e. The molecule has 1 aliphatic carbocycles. The lowest BCUT2D eigenvalue weighted by Gasteiger charge is -2.08. The molecule has 0 spiro atoms. The lowest BCUT2D eigenvalue weighted by atomic mass is 10.0. The molecule has 0 saturated heterocycles. The highest BCUT2D eigenvalue weighted by atomic mass is 16.2. The van der Waals surface area contributed by atoms with Gasteiger partial charge in [0.1, 0.15) is 5.69 Å². The van der Waals surface area contributed by atoms with Crippen molar-refractivity contribution >= 4 is 11.8 Å². The molecule has 0 radical (unpaired) electrons. The monoisotopic (exact) mass is 362 g/mol. The van der Waals surface area contributed by atoms with E-state index in [1.807, 2.05) is 0 Å². The quantitative estimate of drug-likeness (QED) is 0.659. The van der Waals surface area contributed by atoms with E-state index in [9.17, 15) is 9.59 Å². The maximum absolute atomic E-state index is 11.4. The zero-order valence-corrected chi connectivity index (χ0v) is 16.3. The first-order valence-corrected chi connectivity index (χ1v) is 9.98. The summed E-state index contributed by atoms with van der Waals surface area (Å²) in [6.07, 6.45) is 14.8. The van der Waals surface area contributed by atoms with Gasteiger partial charge in [0, 0.05) is 31.9 Å². The van der Waals surface area contributed by atoms with Gasteiger partial charge in [0.15, 0.2) is 0 Å². The number of hydrogen-bond donors (Lipinski definition) is 2.